The van der Waals surface area contributed by atoms with Crippen molar-refractivity contribution in [2.45, 2.75) is 19.4 Å². The number of aliphatic hydroxyl groups is 1. The number of thiophene rings is 1. The zero-order valence-electron chi connectivity index (χ0n) is 9.41. The molecule has 2 nitrogen and oxygen atoms in total. The zero-order valence-corrected chi connectivity index (χ0v) is 11.8. The highest BCUT2D eigenvalue weighted by Crippen LogP contribution is 2.26. The Kier molecular flexibility index (Phi) is 7.49. The predicted octanol–water partition coefficient (Wildman–Crippen LogP) is 3.17. The van der Waals surface area contributed by atoms with E-state index < -0.39 is 6.10 Å². The summed E-state index contributed by atoms with van der Waals surface area (Å²) in [6.07, 6.45) is 0.715. The van der Waals surface area contributed by atoms with Crippen LogP contribution in [0.5, 0.6) is 0 Å². The molecule has 0 aliphatic carbocycles. The minimum Gasteiger partial charge on any atom is -0.386 e. The standard InChI is InChI=1S/C11H18ClNOS2/c1-2-15-7-3-6-13-8-9(14)10-4-5-11(12)16-10/h4-5,9,13-14H,2-3,6-8H2,1H3. The lowest BCUT2D eigenvalue weighted by atomic mass is 10.3. The van der Waals surface area contributed by atoms with Crippen LogP contribution < -0.4 is 5.32 Å². The Morgan fingerprint density at radius 1 is 1.56 bits per heavy atom. The predicted molar refractivity (Wildman–Crippen MR) is 74.8 cm³/mol. The molecule has 0 aromatic carbocycles. The van der Waals surface area contributed by atoms with Crippen LogP contribution in [0.15, 0.2) is 12.1 Å². The van der Waals surface area contributed by atoms with Crippen molar-refractivity contribution in [1.82, 2.24) is 5.32 Å². The molecule has 1 aromatic rings. The summed E-state index contributed by atoms with van der Waals surface area (Å²) < 4.78 is 0.730. The Hall–Kier alpha value is 0.260. The molecule has 0 radical (unpaired) electrons. The summed E-state index contributed by atoms with van der Waals surface area (Å²) in [7, 11) is 0. The molecule has 5 heteroatoms. The average Bonchev–Trinajstić information content (AvgIpc) is 2.70. The second-order valence-corrected chi connectivity index (χ2v) is 6.55. The maximum absolute atomic E-state index is 9.82. The number of halogens is 1. The molecule has 2 N–H and O–H groups in total. The monoisotopic (exact) mass is 279 g/mol. The molecule has 0 aliphatic heterocycles. The van der Waals surface area contributed by atoms with Crippen molar-refractivity contribution in [2.75, 3.05) is 24.6 Å². The number of aliphatic hydroxyl groups excluding tert-OH is 1. The van der Waals surface area contributed by atoms with Crippen LogP contribution in [0.1, 0.15) is 24.3 Å². The first-order valence-corrected chi connectivity index (χ1v) is 7.80. The molecule has 1 atom stereocenters. The van der Waals surface area contributed by atoms with Crippen LogP contribution in [-0.4, -0.2) is 29.7 Å². The van der Waals surface area contributed by atoms with Crippen molar-refractivity contribution in [3.05, 3.63) is 21.3 Å². The number of thioether (sulfide) groups is 1. The summed E-state index contributed by atoms with van der Waals surface area (Å²) in [6.45, 7) is 3.74. The van der Waals surface area contributed by atoms with Gasteiger partial charge in [-0.25, -0.2) is 0 Å². The first-order chi connectivity index (χ1) is 7.74. The van der Waals surface area contributed by atoms with E-state index in [9.17, 15) is 5.11 Å². The van der Waals surface area contributed by atoms with Crippen molar-refractivity contribution >= 4 is 34.7 Å². The molecular weight excluding hydrogens is 262 g/mol. The van der Waals surface area contributed by atoms with E-state index in [0.29, 0.717) is 6.54 Å². The molecule has 0 saturated carbocycles. The number of hydrogen-bond donors (Lipinski definition) is 2. The Balaban J connectivity index is 2.09. The SMILES string of the molecule is CCSCCCNCC(O)c1ccc(Cl)s1. The van der Waals surface area contributed by atoms with Crippen LogP contribution in [-0.2, 0) is 0 Å². The summed E-state index contributed by atoms with van der Waals surface area (Å²) in [4.78, 5) is 0.931. The van der Waals surface area contributed by atoms with Gasteiger partial charge in [-0.2, -0.15) is 11.8 Å². The average molecular weight is 280 g/mol. The highest BCUT2D eigenvalue weighted by molar-refractivity contribution is 7.99. The Labute approximate surface area is 110 Å². The van der Waals surface area contributed by atoms with Gasteiger partial charge >= 0.3 is 0 Å². The molecule has 1 aromatic heterocycles. The largest absolute Gasteiger partial charge is 0.386 e. The van der Waals surface area contributed by atoms with Gasteiger partial charge in [0, 0.05) is 11.4 Å². The lowest BCUT2D eigenvalue weighted by molar-refractivity contribution is 0.179. The van der Waals surface area contributed by atoms with Gasteiger partial charge in [0.2, 0.25) is 0 Å². The Morgan fingerprint density at radius 2 is 2.38 bits per heavy atom. The smallest absolute Gasteiger partial charge is 0.101 e. The van der Waals surface area contributed by atoms with Crippen molar-refractivity contribution in [1.29, 1.82) is 0 Å². The molecule has 16 heavy (non-hydrogen) atoms. The van der Waals surface area contributed by atoms with E-state index in [2.05, 4.69) is 12.2 Å². The molecule has 0 bridgehead atoms. The fraction of sp³-hybridized carbons (Fsp3) is 0.636. The van der Waals surface area contributed by atoms with E-state index >= 15 is 0 Å². The van der Waals surface area contributed by atoms with Crippen molar-refractivity contribution in [3.63, 3.8) is 0 Å². The highest BCUT2D eigenvalue weighted by atomic mass is 35.5. The molecule has 0 saturated heterocycles. The third-order valence-electron chi connectivity index (χ3n) is 2.11. The summed E-state index contributed by atoms with van der Waals surface area (Å²) in [5, 5.41) is 13.1. The minimum atomic E-state index is -0.434. The third-order valence-corrected chi connectivity index (χ3v) is 4.42. The second kappa shape index (κ2) is 8.37. The second-order valence-electron chi connectivity index (χ2n) is 3.41. The summed E-state index contributed by atoms with van der Waals surface area (Å²) in [5.41, 5.74) is 0. The van der Waals surface area contributed by atoms with Gasteiger partial charge in [-0.3, -0.25) is 0 Å². The number of nitrogens with one attached hydrogen (secondary N) is 1. The molecule has 92 valence electrons. The van der Waals surface area contributed by atoms with E-state index in [4.69, 9.17) is 11.6 Å². The number of rotatable bonds is 8. The van der Waals surface area contributed by atoms with Gasteiger partial charge in [0.05, 0.1) is 4.34 Å². The maximum Gasteiger partial charge on any atom is 0.101 e. The summed E-state index contributed by atoms with van der Waals surface area (Å²) >= 11 is 9.20. The van der Waals surface area contributed by atoms with Crippen LogP contribution in [0.2, 0.25) is 4.34 Å². The molecule has 0 aliphatic rings. The molecule has 0 spiro atoms. The maximum atomic E-state index is 9.82. The fourth-order valence-corrected chi connectivity index (χ4v) is 2.97. The highest BCUT2D eigenvalue weighted by Gasteiger charge is 2.08. The Bertz CT molecular complexity index is 293. The quantitative estimate of drug-likeness (QED) is 0.717. The van der Waals surface area contributed by atoms with Gasteiger partial charge in [0.15, 0.2) is 0 Å². The normalized spacial score (nSPS) is 12.9. The molecule has 1 heterocycles. The van der Waals surface area contributed by atoms with E-state index in [1.807, 2.05) is 23.9 Å². The Morgan fingerprint density at radius 3 is 3.00 bits per heavy atom. The third kappa shape index (κ3) is 5.55. The van der Waals surface area contributed by atoms with Crippen molar-refractivity contribution in [3.8, 4) is 0 Å². The van der Waals surface area contributed by atoms with Gasteiger partial charge in [0.25, 0.3) is 0 Å². The first kappa shape index (κ1) is 14.3. The molecule has 1 rings (SSSR count). The first-order valence-electron chi connectivity index (χ1n) is 5.45. The zero-order chi connectivity index (χ0) is 11.8. The topological polar surface area (TPSA) is 32.3 Å². The van der Waals surface area contributed by atoms with E-state index in [1.165, 1.54) is 22.8 Å². The molecule has 0 amide bonds. The summed E-state index contributed by atoms with van der Waals surface area (Å²) in [5.74, 6) is 2.36. The lowest BCUT2D eigenvalue weighted by Gasteiger charge is -2.09. The van der Waals surface area contributed by atoms with E-state index in [1.54, 1.807) is 0 Å². The van der Waals surface area contributed by atoms with Gasteiger partial charge in [0.1, 0.15) is 6.10 Å². The lowest BCUT2D eigenvalue weighted by Crippen LogP contribution is -2.22. The van der Waals surface area contributed by atoms with E-state index in [-0.39, 0.29) is 0 Å². The van der Waals surface area contributed by atoms with Crippen LogP contribution in [0, 0.1) is 0 Å². The van der Waals surface area contributed by atoms with Crippen molar-refractivity contribution < 1.29 is 5.11 Å². The van der Waals surface area contributed by atoms with Crippen LogP contribution in [0.3, 0.4) is 0 Å². The van der Waals surface area contributed by atoms with Crippen LogP contribution in [0.4, 0.5) is 0 Å². The molecule has 1 unspecified atom stereocenters. The van der Waals surface area contributed by atoms with Crippen LogP contribution >= 0.6 is 34.7 Å². The van der Waals surface area contributed by atoms with Crippen LogP contribution in [0.25, 0.3) is 0 Å². The summed E-state index contributed by atoms with van der Waals surface area (Å²) in [6, 6.07) is 3.70. The number of hydrogen-bond acceptors (Lipinski definition) is 4. The van der Waals surface area contributed by atoms with Gasteiger partial charge in [-0.1, -0.05) is 18.5 Å². The van der Waals surface area contributed by atoms with Gasteiger partial charge < -0.3 is 10.4 Å². The van der Waals surface area contributed by atoms with E-state index in [0.717, 1.165) is 22.2 Å². The van der Waals surface area contributed by atoms with Crippen molar-refractivity contribution in [2.24, 2.45) is 0 Å². The molecular formula is C11H18ClNOS2. The fourth-order valence-electron chi connectivity index (χ4n) is 1.29. The minimum absolute atomic E-state index is 0.434. The van der Waals surface area contributed by atoms with Gasteiger partial charge in [-0.15, -0.1) is 11.3 Å². The molecule has 0 fully saturated rings. The van der Waals surface area contributed by atoms with Gasteiger partial charge in [-0.05, 0) is 36.6 Å².